The van der Waals surface area contributed by atoms with Crippen molar-refractivity contribution in [3.05, 3.63) is 0 Å². The Kier molecular flexibility index (Phi) is 10.1. The van der Waals surface area contributed by atoms with Gasteiger partial charge in [0.05, 0.1) is 0 Å². The maximum atomic E-state index is 12.0. The molecule has 0 aliphatic carbocycles. The zero-order chi connectivity index (χ0) is 17.8. The normalized spacial score (nSPS) is 18.0. The molecular weight excluding hydrogens is 321 g/mol. The van der Waals surface area contributed by atoms with E-state index in [-0.39, 0.29) is 6.61 Å². The van der Waals surface area contributed by atoms with Crippen LogP contribution in [0.4, 0.5) is 13.2 Å². The van der Waals surface area contributed by atoms with Crippen LogP contribution in [0.25, 0.3) is 0 Å². The van der Waals surface area contributed by atoms with Gasteiger partial charge in [0.25, 0.3) is 0 Å². The highest BCUT2D eigenvalue weighted by Crippen LogP contribution is 2.14. The zero-order valence-corrected chi connectivity index (χ0v) is 14.8. The summed E-state index contributed by atoms with van der Waals surface area (Å²) in [5.74, 6) is 0.738. The molecule has 8 heteroatoms. The lowest BCUT2D eigenvalue weighted by atomic mass is 10.1. The van der Waals surface area contributed by atoms with Crippen LogP contribution in [0.5, 0.6) is 0 Å². The molecular formula is C16H31F3N4O. The molecule has 0 aromatic heterocycles. The Morgan fingerprint density at radius 3 is 2.54 bits per heavy atom. The van der Waals surface area contributed by atoms with Gasteiger partial charge in [-0.1, -0.05) is 6.92 Å². The minimum absolute atomic E-state index is 0.0673. The van der Waals surface area contributed by atoms with Gasteiger partial charge in [-0.2, -0.15) is 13.2 Å². The maximum absolute atomic E-state index is 12.0. The number of ether oxygens (including phenoxy) is 1. The van der Waals surface area contributed by atoms with Crippen molar-refractivity contribution in [2.75, 3.05) is 45.9 Å². The van der Waals surface area contributed by atoms with Crippen LogP contribution in [0.2, 0.25) is 0 Å². The molecule has 1 aliphatic rings. The standard InChI is InChI=1S/C16H31F3N4O/c1-3-9-23-10-6-14(7-11-23)22-15(20-4-2)21-8-5-12-24-13-16(17,18)19/h14H,3-13H2,1-2H3,(H2,20,21,22). The first-order valence-corrected chi connectivity index (χ1v) is 8.86. The number of nitrogens with zero attached hydrogens (tertiary/aromatic N) is 2. The Hall–Kier alpha value is -1.02. The Labute approximate surface area is 143 Å². The molecule has 0 unspecified atom stereocenters. The first kappa shape index (κ1) is 21.0. The summed E-state index contributed by atoms with van der Waals surface area (Å²) >= 11 is 0. The van der Waals surface area contributed by atoms with Crippen molar-refractivity contribution in [2.24, 2.45) is 4.99 Å². The van der Waals surface area contributed by atoms with E-state index in [2.05, 4.69) is 32.2 Å². The van der Waals surface area contributed by atoms with Crippen LogP contribution in [-0.4, -0.2) is 69.0 Å². The number of halogens is 3. The van der Waals surface area contributed by atoms with E-state index in [0.29, 0.717) is 19.0 Å². The summed E-state index contributed by atoms with van der Waals surface area (Å²) < 4.78 is 40.4. The van der Waals surface area contributed by atoms with Crippen molar-refractivity contribution in [1.82, 2.24) is 15.5 Å². The van der Waals surface area contributed by atoms with Gasteiger partial charge < -0.3 is 20.3 Å². The lowest BCUT2D eigenvalue weighted by Crippen LogP contribution is -2.48. The van der Waals surface area contributed by atoms with E-state index in [1.54, 1.807) is 0 Å². The Bertz CT molecular complexity index is 356. The van der Waals surface area contributed by atoms with E-state index in [9.17, 15) is 13.2 Å². The van der Waals surface area contributed by atoms with Gasteiger partial charge in [0.2, 0.25) is 0 Å². The molecule has 0 amide bonds. The van der Waals surface area contributed by atoms with E-state index < -0.39 is 12.8 Å². The molecule has 1 fully saturated rings. The van der Waals surface area contributed by atoms with E-state index >= 15 is 0 Å². The minimum Gasteiger partial charge on any atom is -0.372 e. The molecule has 0 aromatic carbocycles. The monoisotopic (exact) mass is 352 g/mol. The summed E-state index contributed by atoms with van der Waals surface area (Å²) in [5, 5.41) is 6.61. The summed E-state index contributed by atoms with van der Waals surface area (Å²) in [7, 11) is 0. The molecule has 2 N–H and O–H groups in total. The van der Waals surface area contributed by atoms with Gasteiger partial charge in [-0.05, 0) is 39.2 Å². The summed E-state index contributed by atoms with van der Waals surface area (Å²) in [5.41, 5.74) is 0. The highest BCUT2D eigenvalue weighted by molar-refractivity contribution is 5.80. The molecule has 0 radical (unpaired) electrons. The average Bonchev–Trinajstić information content (AvgIpc) is 2.52. The van der Waals surface area contributed by atoms with Crippen LogP contribution >= 0.6 is 0 Å². The number of rotatable bonds is 9. The second-order valence-corrected chi connectivity index (χ2v) is 6.04. The van der Waals surface area contributed by atoms with E-state index in [0.717, 1.165) is 45.0 Å². The van der Waals surface area contributed by atoms with Gasteiger partial charge in [0.15, 0.2) is 5.96 Å². The van der Waals surface area contributed by atoms with Crippen molar-refractivity contribution >= 4 is 5.96 Å². The maximum Gasteiger partial charge on any atom is 0.411 e. The minimum atomic E-state index is -4.26. The summed E-state index contributed by atoms with van der Waals surface area (Å²) in [6.07, 6.45) is -0.440. The largest absolute Gasteiger partial charge is 0.411 e. The van der Waals surface area contributed by atoms with E-state index in [1.807, 2.05) is 6.92 Å². The predicted molar refractivity (Wildman–Crippen MR) is 90.4 cm³/mol. The first-order valence-electron chi connectivity index (χ1n) is 8.86. The van der Waals surface area contributed by atoms with Crippen LogP contribution < -0.4 is 10.6 Å². The molecule has 5 nitrogen and oxygen atoms in total. The molecule has 0 spiro atoms. The second kappa shape index (κ2) is 11.5. The highest BCUT2D eigenvalue weighted by Gasteiger charge is 2.27. The Balaban J connectivity index is 2.25. The lowest BCUT2D eigenvalue weighted by Gasteiger charge is -2.32. The SMILES string of the molecule is CCCN1CCC(NC(=NCCCOCC(F)(F)F)NCC)CC1. The molecule has 1 heterocycles. The van der Waals surface area contributed by atoms with Gasteiger partial charge in [-0.3, -0.25) is 4.99 Å². The van der Waals surface area contributed by atoms with Gasteiger partial charge in [0.1, 0.15) is 6.61 Å². The smallest absolute Gasteiger partial charge is 0.372 e. The topological polar surface area (TPSA) is 48.9 Å². The molecule has 1 rings (SSSR count). The fourth-order valence-electron chi connectivity index (χ4n) is 2.68. The number of guanidine groups is 1. The number of nitrogens with one attached hydrogen (secondary N) is 2. The second-order valence-electron chi connectivity index (χ2n) is 6.04. The predicted octanol–water partition coefficient (Wildman–Crippen LogP) is 2.38. The van der Waals surface area contributed by atoms with Gasteiger partial charge in [-0.15, -0.1) is 0 Å². The van der Waals surface area contributed by atoms with Crippen molar-refractivity contribution in [3.8, 4) is 0 Å². The fourth-order valence-corrected chi connectivity index (χ4v) is 2.68. The van der Waals surface area contributed by atoms with E-state index in [1.165, 1.54) is 6.42 Å². The number of likely N-dealkylation sites (tertiary alicyclic amines) is 1. The molecule has 0 aromatic rings. The van der Waals surface area contributed by atoms with Crippen LogP contribution in [0.15, 0.2) is 4.99 Å². The molecule has 0 saturated carbocycles. The molecule has 0 atom stereocenters. The summed E-state index contributed by atoms with van der Waals surface area (Å²) in [6.45, 7) is 7.60. The third-order valence-electron chi connectivity index (χ3n) is 3.79. The van der Waals surface area contributed by atoms with Gasteiger partial charge in [0, 0.05) is 38.8 Å². The third kappa shape index (κ3) is 9.97. The number of hydrogen-bond acceptors (Lipinski definition) is 3. The first-order chi connectivity index (χ1) is 11.4. The molecule has 142 valence electrons. The van der Waals surface area contributed by atoms with Crippen molar-refractivity contribution in [1.29, 1.82) is 0 Å². The quantitative estimate of drug-likeness (QED) is 0.380. The van der Waals surface area contributed by atoms with Crippen LogP contribution in [0.1, 0.15) is 39.5 Å². The summed E-state index contributed by atoms with van der Waals surface area (Å²) in [6, 6.07) is 0.400. The Morgan fingerprint density at radius 2 is 1.96 bits per heavy atom. The zero-order valence-electron chi connectivity index (χ0n) is 14.8. The number of aliphatic imine (C=N–C) groups is 1. The van der Waals surface area contributed by atoms with Crippen LogP contribution in [-0.2, 0) is 4.74 Å². The average molecular weight is 352 g/mol. The van der Waals surface area contributed by atoms with Gasteiger partial charge in [-0.25, -0.2) is 0 Å². The van der Waals surface area contributed by atoms with E-state index in [4.69, 9.17) is 0 Å². The lowest BCUT2D eigenvalue weighted by molar-refractivity contribution is -0.173. The molecule has 0 bridgehead atoms. The third-order valence-corrected chi connectivity index (χ3v) is 3.79. The molecule has 1 saturated heterocycles. The number of piperidine rings is 1. The van der Waals surface area contributed by atoms with Crippen molar-refractivity contribution in [2.45, 2.75) is 51.7 Å². The van der Waals surface area contributed by atoms with Crippen molar-refractivity contribution in [3.63, 3.8) is 0 Å². The van der Waals surface area contributed by atoms with Crippen molar-refractivity contribution < 1.29 is 17.9 Å². The van der Waals surface area contributed by atoms with Crippen LogP contribution in [0, 0.1) is 0 Å². The molecule has 24 heavy (non-hydrogen) atoms. The molecule has 1 aliphatic heterocycles. The van der Waals surface area contributed by atoms with Crippen LogP contribution in [0.3, 0.4) is 0 Å². The fraction of sp³-hybridized carbons (Fsp3) is 0.938. The van der Waals surface area contributed by atoms with Gasteiger partial charge >= 0.3 is 6.18 Å². The summed E-state index contributed by atoms with van der Waals surface area (Å²) in [4.78, 5) is 6.89. The highest BCUT2D eigenvalue weighted by atomic mass is 19.4. The number of alkyl halides is 3. The number of hydrogen-bond donors (Lipinski definition) is 2. The Morgan fingerprint density at radius 1 is 1.25 bits per heavy atom.